The molecule has 0 aromatic rings. The van der Waals surface area contributed by atoms with E-state index < -0.39 is 0 Å². The molecule has 1 aliphatic rings. The topological polar surface area (TPSA) is 56.7 Å². The van der Waals surface area contributed by atoms with Gasteiger partial charge in [0.25, 0.3) is 0 Å². The van der Waals surface area contributed by atoms with Crippen molar-refractivity contribution in [3.05, 3.63) is 0 Å². The number of hydrogen-bond donors (Lipinski definition) is 2. The van der Waals surface area contributed by atoms with Crippen molar-refractivity contribution in [2.24, 2.45) is 4.99 Å². The number of carbonyl (C=O) groups is 1. The van der Waals surface area contributed by atoms with E-state index in [0.29, 0.717) is 5.91 Å². The quantitative estimate of drug-likeness (QED) is 0.404. The summed E-state index contributed by atoms with van der Waals surface area (Å²) in [6, 6.07) is 0. The van der Waals surface area contributed by atoms with Crippen LogP contribution in [0.3, 0.4) is 0 Å². The minimum atomic E-state index is 0.154. The highest BCUT2D eigenvalue weighted by Gasteiger charge is 2.16. The van der Waals surface area contributed by atoms with Crippen molar-refractivity contribution >= 4 is 23.6 Å². The minimum absolute atomic E-state index is 0.154. The fourth-order valence-corrected chi connectivity index (χ4v) is 2.62. The van der Waals surface area contributed by atoms with Gasteiger partial charge < -0.3 is 15.5 Å². The summed E-state index contributed by atoms with van der Waals surface area (Å²) in [7, 11) is 0. The third kappa shape index (κ3) is 8.49. The molecule has 5 nitrogen and oxygen atoms in total. The maximum atomic E-state index is 12.0. The van der Waals surface area contributed by atoms with Gasteiger partial charge in [-0.25, -0.2) is 0 Å². The van der Waals surface area contributed by atoms with E-state index in [1.54, 1.807) is 0 Å². The van der Waals surface area contributed by atoms with Gasteiger partial charge in [0.15, 0.2) is 5.96 Å². The predicted octanol–water partition coefficient (Wildman–Crippen LogP) is 2.48. The number of nitrogens with zero attached hydrogens (tertiary/aromatic N) is 2. The van der Waals surface area contributed by atoms with E-state index in [-0.39, 0.29) is 4.75 Å². The van der Waals surface area contributed by atoms with Gasteiger partial charge in [-0.2, -0.15) is 11.8 Å². The van der Waals surface area contributed by atoms with Gasteiger partial charge in [-0.1, -0.05) is 6.42 Å². The Morgan fingerprint density at radius 1 is 1.30 bits per heavy atom. The number of thioether (sulfide) groups is 1. The molecule has 0 atom stereocenters. The van der Waals surface area contributed by atoms with Crippen molar-refractivity contribution in [2.75, 3.05) is 39.0 Å². The number of amides is 1. The Balaban J connectivity index is 2.34. The summed E-state index contributed by atoms with van der Waals surface area (Å²) in [5, 5.41) is 6.66. The van der Waals surface area contributed by atoms with E-state index in [4.69, 9.17) is 0 Å². The smallest absolute Gasteiger partial charge is 0.222 e. The molecule has 1 amide bonds. The van der Waals surface area contributed by atoms with Crippen LogP contribution in [0.4, 0.5) is 0 Å². The lowest BCUT2D eigenvalue weighted by molar-refractivity contribution is -0.130. The summed E-state index contributed by atoms with van der Waals surface area (Å²) in [4.78, 5) is 18.6. The SMILES string of the molecule is CCNC(=NCC(C)(C)SC)NCCCN1CCCCCC1=O. The van der Waals surface area contributed by atoms with E-state index in [2.05, 4.69) is 42.7 Å². The molecule has 1 aliphatic heterocycles. The first-order chi connectivity index (χ1) is 11.0. The number of likely N-dealkylation sites (tertiary alicyclic amines) is 1. The average molecular weight is 343 g/mol. The minimum Gasteiger partial charge on any atom is -0.357 e. The Morgan fingerprint density at radius 2 is 2.09 bits per heavy atom. The van der Waals surface area contributed by atoms with Crippen molar-refractivity contribution in [3.8, 4) is 0 Å². The van der Waals surface area contributed by atoms with Crippen LogP contribution in [0.2, 0.25) is 0 Å². The summed E-state index contributed by atoms with van der Waals surface area (Å²) >= 11 is 1.83. The molecular formula is C17H34N4OS. The first-order valence-corrected chi connectivity index (χ1v) is 10.1. The molecule has 0 unspecified atom stereocenters. The third-order valence-corrected chi connectivity index (χ3v) is 5.32. The van der Waals surface area contributed by atoms with Crippen molar-refractivity contribution in [1.29, 1.82) is 0 Å². The number of rotatable bonds is 8. The molecule has 0 radical (unpaired) electrons. The third-order valence-electron chi connectivity index (χ3n) is 4.08. The monoisotopic (exact) mass is 342 g/mol. The van der Waals surface area contributed by atoms with Gasteiger partial charge in [-0.3, -0.25) is 9.79 Å². The predicted molar refractivity (Wildman–Crippen MR) is 101 cm³/mol. The largest absolute Gasteiger partial charge is 0.357 e. The number of nitrogens with one attached hydrogen (secondary N) is 2. The Labute approximate surface area is 146 Å². The molecule has 6 heteroatoms. The number of aliphatic imine (C=N–C) groups is 1. The molecule has 0 aromatic heterocycles. The van der Waals surface area contributed by atoms with Crippen molar-refractivity contribution in [3.63, 3.8) is 0 Å². The summed E-state index contributed by atoms with van der Waals surface area (Å²) in [6.07, 6.45) is 7.18. The highest BCUT2D eigenvalue weighted by atomic mass is 32.2. The molecule has 1 rings (SSSR count). The Bertz CT molecular complexity index is 385. The maximum absolute atomic E-state index is 12.0. The van der Waals surface area contributed by atoms with Crippen LogP contribution in [-0.4, -0.2) is 60.5 Å². The van der Waals surface area contributed by atoms with E-state index in [1.165, 1.54) is 6.42 Å². The summed E-state index contributed by atoms with van der Waals surface area (Å²) in [5.41, 5.74) is 0. The fourth-order valence-electron chi connectivity index (χ4n) is 2.43. The van der Waals surface area contributed by atoms with E-state index >= 15 is 0 Å². The molecule has 134 valence electrons. The molecule has 1 heterocycles. The van der Waals surface area contributed by atoms with Gasteiger partial charge in [0.2, 0.25) is 5.91 Å². The number of guanidine groups is 1. The average Bonchev–Trinajstić information content (AvgIpc) is 2.73. The molecule has 0 aliphatic carbocycles. The second-order valence-electron chi connectivity index (χ2n) is 6.63. The molecule has 23 heavy (non-hydrogen) atoms. The molecule has 2 N–H and O–H groups in total. The second kappa shape index (κ2) is 10.8. The standard InChI is InChI=1S/C17H34N4OS/c1-5-18-16(20-14-17(2,3)23-4)19-11-9-13-21-12-8-6-7-10-15(21)22/h5-14H2,1-4H3,(H2,18,19,20). The van der Waals surface area contributed by atoms with E-state index in [0.717, 1.165) is 64.4 Å². The Morgan fingerprint density at radius 3 is 2.78 bits per heavy atom. The number of hydrogen-bond acceptors (Lipinski definition) is 3. The Hall–Kier alpha value is -0.910. The van der Waals surface area contributed by atoms with Crippen LogP contribution >= 0.6 is 11.8 Å². The van der Waals surface area contributed by atoms with Gasteiger partial charge in [-0.15, -0.1) is 0 Å². The lowest BCUT2D eigenvalue weighted by Crippen LogP contribution is -2.40. The van der Waals surface area contributed by atoms with Gasteiger partial charge in [0, 0.05) is 37.3 Å². The normalized spacial score (nSPS) is 17.1. The zero-order valence-corrected chi connectivity index (χ0v) is 16.1. The highest BCUT2D eigenvalue weighted by Crippen LogP contribution is 2.20. The van der Waals surface area contributed by atoms with Crippen molar-refractivity contribution in [1.82, 2.24) is 15.5 Å². The zero-order chi connectivity index (χ0) is 17.1. The highest BCUT2D eigenvalue weighted by molar-refractivity contribution is 7.99. The Kier molecular flexibility index (Phi) is 9.44. The molecule has 1 fully saturated rings. The molecule has 0 spiro atoms. The molecule has 0 aromatic carbocycles. The zero-order valence-electron chi connectivity index (χ0n) is 15.3. The lowest BCUT2D eigenvalue weighted by atomic mass is 10.2. The van der Waals surface area contributed by atoms with Crippen LogP contribution in [0.25, 0.3) is 0 Å². The van der Waals surface area contributed by atoms with Crippen LogP contribution in [0.5, 0.6) is 0 Å². The number of carbonyl (C=O) groups excluding carboxylic acids is 1. The molecule has 0 bridgehead atoms. The van der Waals surface area contributed by atoms with Crippen LogP contribution in [0.1, 0.15) is 52.9 Å². The van der Waals surface area contributed by atoms with E-state index in [1.807, 2.05) is 16.7 Å². The summed E-state index contributed by atoms with van der Waals surface area (Å²) in [6.45, 7) is 10.7. The van der Waals surface area contributed by atoms with Gasteiger partial charge >= 0.3 is 0 Å². The lowest BCUT2D eigenvalue weighted by Gasteiger charge is -2.22. The van der Waals surface area contributed by atoms with Crippen molar-refractivity contribution < 1.29 is 4.79 Å². The van der Waals surface area contributed by atoms with Gasteiger partial charge in [0.1, 0.15) is 0 Å². The summed E-state index contributed by atoms with van der Waals surface area (Å²) < 4.78 is 0.154. The van der Waals surface area contributed by atoms with Crippen LogP contribution in [-0.2, 0) is 4.79 Å². The van der Waals surface area contributed by atoms with Crippen molar-refractivity contribution in [2.45, 2.75) is 57.6 Å². The second-order valence-corrected chi connectivity index (χ2v) is 8.14. The summed E-state index contributed by atoms with van der Waals surface area (Å²) in [5.74, 6) is 1.20. The van der Waals surface area contributed by atoms with Crippen LogP contribution in [0.15, 0.2) is 4.99 Å². The van der Waals surface area contributed by atoms with Gasteiger partial charge in [0.05, 0.1) is 6.54 Å². The molecular weight excluding hydrogens is 308 g/mol. The van der Waals surface area contributed by atoms with Crippen LogP contribution < -0.4 is 10.6 Å². The first-order valence-electron chi connectivity index (χ1n) is 8.83. The van der Waals surface area contributed by atoms with Crippen LogP contribution in [0, 0.1) is 0 Å². The fraction of sp³-hybridized carbons (Fsp3) is 0.882. The maximum Gasteiger partial charge on any atom is 0.222 e. The first kappa shape index (κ1) is 20.1. The molecule has 0 saturated carbocycles. The van der Waals surface area contributed by atoms with E-state index in [9.17, 15) is 4.79 Å². The van der Waals surface area contributed by atoms with Gasteiger partial charge in [-0.05, 0) is 46.3 Å². The molecule has 1 saturated heterocycles.